The molecule has 0 spiro atoms. The van der Waals surface area contributed by atoms with Crippen molar-refractivity contribution in [3.05, 3.63) is 53.4 Å². The summed E-state index contributed by atoms with van der Waals surface area (Å²) in [5.74, 6) is 1.40. The maximum atomic E-state index is 5.59. The average molecular weight is 354 g/mol. The fourth-order valence-corrected chi connectivity index (χ4v) is 2.75. The van der Waals surface area contributed by atoms with Crippen molar-refractivity contribution in [2.45, 2.75) is 26.3 Å². The fraction of sp³-hybridized carbons (Fsp3) is 0.400. The number of ether oxygens (including phenoxy) is 1. The number of hydrogen-bond donors (Lipinski definition) is 2. The molecule has 0 unspecified atom stereocenters. The minimum atomic E-state index is 0.561. The number of aromatic nitrogens is 1. The van der Waals surface area contributed by atoms with Gasteiger partial charge in [-0.15, -0.1) is 0 Å². The number of rotatable bonds is 6. The van der Waals surface area contributed by atoms with Crippen molar-refractivity contribution in [2.75, 3.05) is 26.8 Å². The largest absolute Gasteiger partial charge is 0.444 e. The third-order valence-corrected chi connectivity index (χ3v) is 4.31. The first-order valence-corrected chi connectivity index (χ1v) is 8.96. The lowest BCUT2D eigenvalue weighted by Crippen LogP contribution is -2.37. The Morgan fingerprint density at radius 3 is 2.81 bits per heavy atom. The van der Waals surface area contributed by atoms with Gasteiger partial charge < -0.3 is 19.8 Å². The van der Waals surface area contributed by atoms with Crippen LogP contribution >= 0.6 is 0 Å². The van der Waals surface area contributed by atoms with Crippen LogP contribution in [0.15, 0.2) is 51.6 Å². The quantitative estimate of drug-likeness (QED) is 0.474. The second-order valence-electron chi connectivity index (χ2n) is 6.30. The molecule has 0 saturated carbocycles. The van der Waals surface area contributed by atoms with Gasteiger partial charge in [-0.1, -0.05) is 29.3 Å². The van der Waals surface area contributed by atoms with Crippen LogP contribution in [0.3, 0.4) is 0 Å². The topological polar surface area (TPSA) is 71.7 Å². The highest BCUT2D eigenvalue weighted by Crippen LogP contribution is 2.19. The molecule has 0 radical (unpaired) electrons. The Bertz CT molecular complexity index is 762. The summed E-state index contributed by atoms with van der Waals surface area (Å²) in [6, 6.07) is 8.14. The van der Waals surface area contributed by atoms with Gasteiger partial charge in [-0.2, -0.15) is 0 Å². The van der Waals surface area contributed by atoms with Gasteiger partial charge in [0.15, 0.2) is 5.96 Å². The summed E-state index contributed by atoms with van der Waals surface area (Å²) in [7, 11) is 1.77. The van der Waals surface area contributed by atoms with E-state index in [1.807, 2.05) is 12.1 Å². The Labute approximate surface area is 154 Å². The highest BCUT2D eigenvalue weighted by molar-refractivity contribution is 5.79. The number of nitrogens with one attached hydrogen (secondary N) is 2. The Balaban J connectivity index is 1.46. The second kappa shape index (κ2) is 9.20. The van der Waals surface area contributed by atoms with E-state index in [9.17, 15) is 0 Å². The van der Waals surface area contributed by atoms with Gasteiger partial charge in [0, 0.05) is 19.2 Å². The third-order valence-electron chi connectivity index (χ3n) is 4.31. The van der Waals surface area contributed by atoms with Gasteiger partial charge in [0.25, 0.3) is 0 Å². The first-order valence-electron chi connectivity index (χ1n) is 8.96. The molecule has 0 atom stereocenters. The minimum absolute atomic E-state index is 0.561. The van der Waals surface area contributed by atoms with Gasteiger partial charge in [0.05, 0.1) is 25.5 Å². The maximum Gasteiger partial charge on any atom is 0.226 e. The molecule has 0 fully saturated rings. The second-order valence-corrected chi connectivity index (χ2v) is 6.30. The molecule has 0 aliphatic carbocycles. The molecular formula is C20H26N4O2. The van der Waals surface area contributed by atoms with Gasteiger partial charge in [-0.3, -0.25) is 4.99 Å². The molecule has 1 aliphatic rings. The van der Waals surface area contributed by atoms with Gasteiger partial charge in [-0.25, -0.2) is 4.98 Å². The van der Waals surface area contributed by atoms with Crippen LogP contribution < -0.4 is 10.6 Å². The fourth-order valence-electron chi connectivity index (χ4n) is 2.75. The van der Waals surface area contributed by atoms with Crippen LogP contribution in [0.5, 0.6) is 0 Å². The Morgan fingerprint density at radius 2 is 2.08 bits per heavy atom. The van der Waals surface area contributed by atoms with Crippen molar-refractivity contribution in [3.63, 3.8) is 0 Å². The summed E-state index contributed by atoms with van der Waals surface area (Å²) < 4.78 is 10.9. The summed E-state index contributed by atoms with van der Waals surface area (Å²) in [4.78, 5) is 8.79. The summed E-state index contributed by atoms with van der Waals surface area (Å²) in [6.45, 7) is 5.03. The number of aliphatic imine (C=N–C) groups is 1. The molecule has 6 nitrogen and oxygen atoms in total. The van der Waals surface area contributed by atoms with Crippen LogP contribution in [-0.2, 0) is 11.3 Å². The molecule has 6 heteroatoms. The molecule has 2 aromatic rings. The molecule has 3 rings (SSSR count). The van der Waals surface area contributed by atoms with Crippen LogP contribution in [0.25, 0.3) is 11.5 Å². The average Bonchev–Trinajstić information content (AvgIpc) is 3.15. The molecule has 2 heterocycles. The van der Waals surface area contributed by atoms with Crippen LogP contribution in [0.1, 0.15) is 24.1 Å². The number of nitrogens with zero attached hydrogens (tertiary/aromatic N) is 2. The summed E-state index contributed by atoms with van der Waals surface area (Å²) in [5, 5.41) is 6.60. The van der Waals surface area contributed by atoms with E-state index in [1.54, 1.807) is 13.3 Å². The highest BCUT2D eigenvalue weighted by atomic mass is 16.5. The first-order chi connectivity index (χ1) is 12.7. The van der Waals surface area contributed by atoms with E-state index in [-0.39, 0.29) is 0 Å². The van der Waals surface area contributed by atoms with Crippen molar-refractivity contribution in [1.82, 2.24) is 15.6 Å². The van der Waals surface area contributed by atoms with Crippen LogP contribution in [0, 0.1) is 6.92 Å². The monoisotopic (exact) mass is 354 g/mol. The van der Waals surface area contributed by atoms with E-state index in [0.717, 1.165) is 49.8 Å². The van der Waals surface area contributed by atoms with Crippen LogP contribution in [0.4, 0.5) is 0 Å². The number of hydrogen-bond acceptors (Lipinski definition) is 4. The smallest absolute Gasteiger partial charge is 0.226 e. The van der Waals surface area contributed by atoms with Crippen molar-refractivity contribution < 1.29 is 9.15 Å². The molecule has 1 aliphatic heterocycles. The Morgan fingerprint density at radius 1 is 1.23 bits per heavy atom. The van der Waals surface area contributed by atoms with Crippen molar-refractivity contribution >= 4 is 5.96 Å². The molecular weight excluding hydrogens is 328 g/mol. The molecule has 0 bridgehead atoms. The summed E-state index contributed by atoms with van der Waals surface area (Å²) in [5.41, 5.74) is 4.48. The Kier molecular flexibility index (Phi) is 6.44. The molecule has 2 N–H and O–H groups in total. The molecule has 0 saturated heterocycles. The number of benzene rings is 1. The zero-order valence-electron chi connectivity index (χ0n) is 15.4. The van der Waals surface area contributed by atoms with Gasteiger partial charge >= 0.3 is 0 Å². The van der Waals surface area contributed by atoms with Gasteiger partial charge in [0.2, 0.25) is 5.89 Å². The number of guanidine groups is 1. The predicted octanol–water partition coefficient (Wildman–Crippen LogP) is 3.05. The summed E-state index contributed by atoms with van der Waals surface area (Å²) >= 11 is 0. The lowest BCUT2D eigenvalue weighted by molar-refractivity contribution is 0.153. The minimum Gasteiger partial charge on any atom is -0.444 e. The molecule has 1 aromatic carbocycles. The predicted molar refractivity (Wildman–Crippen MR) is 103 cm³/mol. The number of oxazole rings is 1. The molecule has 26 heavy (non-hydrogen) atoms. The lowest BCUT2D eigenvalue weighted by atomic mass is 10.1. The van der Waals surface area contributed by atoms with E-state index >= 15 is 0 Å². The van der Waals surface area contributed by atoms with Gasteiger partial charge in [-0.05, 0) is 31.9 Å². The zero-order chi connectivity index (χ0) is 18.2. The highest BCUT2D eigenvalue weighted by Gasteiger charge is 2.08. The van der Waals surface area contributed by atoms with Crippen LogP contribution in [0.2, 0.25) is 0 Å². The van der Waals surface area contributed by atoms with Crippen molar-refractivity contribution in [1.29, 1.82) is 0 Å². The standard InChI is InChI=1S/C20H26N4O2/c1-15-3-5-17(6-4-15)19-24-18(14-26-19)13-23-20(21-2)22-10-7-16-8-11-25-12-9-16/h3-6,8,14H,7,9-13H2,1-2H3,(H2,21,22,23). The van der Waals surface area contributed by atoms with Crippen LogP contribution in [-0.4, -0.2) is 37.7 Å². The lowest BCUT2D eigenvalue weighted by Gasteiger charge is -2.15. The molecule has 138 valence electrons. The van der Waals surface area contributed by atoms with Crippen molar-refractivity contribution in [3.8, 4) is 11.5 Å². The molecule has 0 amide bonds. The SMILES string of the molecule is CN=C(NCCC1=CCOCC1)NCc1coc(-c2ccc(C)cc2)n1. The van der Waals surface area contributed by atoms with Crippen molar-refractivity contribution in [2.24, 2.45) is 4.99 Å². The number of aryl methyl sites for hydroxylation is 1. The molecule has 1 aromatic heterocycles. The van der Waals surface area contributed by atoms with E-state index in [4.69, 9.17) is 9.15 Å². The zero-order valence-corrected chi connectivity index (χ0v) is 15.4. The maximum absolute atomic E-state index is 5.59. The first kappa shape index (κ1) is 18.2. The van der Waals surface area contributed by atoms with Gasteiger partial charge in [0.1, 0.15) is 6.26 Å². The van der Waals surface area contributed by atoms with E-state index in [2.05, 4.69) is 45.7 Å². The third kappa shape index (κ3) is 5.20. The Hall–Kier alpha value is -2.60. The van der Waals surface area contributed by atoms with E-state index in [1.165, 1.54) is 11.1 Å². The van der Waals surface area contributed by atoms with E-state index < -0.39 is 0 Å². The van der Waals surface area contributed by atoms with E-state index in [0.29, 0.717) is 12.4 Å². The normalized spacial score (nSPS) is 14.8. The summed E-state index contributed by atoms with van der Waals surface area (Å²) in [6.07, 6.45) is 5.88.